The lowest BCUT2D eigenvalue weighted by atomic mass is 10.1. The Bertz CT molecular complexity index is 444. The van der Waals surface area contributed by atoms with E-state index >= 15 is 0 Å². The average molecular weight is 278 g/mol. The van der Waals surface area contributed by atoms with E-state index in [0.29, 0.717) is 17.9 Å². The summed E-state index contributed by atoms with van der Waals surface area (Å²) in [4.78, 5) is 13.7. The van der Waals surface area contributed by atoms with E-state index in [9.17, 15) is 9.90 Å². The number of piperazine rings is 1. The highest BCUT2D eigenvalue weighted by Crippen LogP contribution is 2.18. The summed E-state index contributed by atoms with van der Waals surface area (Å²) >= 11 is 0. The quantitative estimate of drug-likeness (QED) is 0.744. The number of benzene rings is 1. The Kier molecular flexibility index (Phi) is 5.52. The zero-order chi connectivity index (χ0) is 14.4. The lowest BCUT2D eigenvalue weighted by Gasteiger charge is -2.29. The molecule has 0 spiro atoms. The second kappa shape index (κ2) is 7.38. The zero-order valence-corrected chi connectivity index (χ0v) is 11.8. The summed E-state index contributed by atoms with van der Waals surface area (Å²) in [6.07, 6.45) is -0.548. The van der Waals surface area contributed by atoms with Crippen molar-refractivity contribution in [3.8, 4) is 5.75 Å². The number of nitrogens with zero attached hydrogens (tertiary/aromatic N) is 1. The largest absolute Gasteiger partial charge is 0.490 e. The van der Waals surface area contributed by atoms with E-state index < -0.39 is 6.10 Å². The number of nitrogens with one attached hydrogen (secondary N) is 1. The average Bonchev–Trinajstić information content (AvgIpc) is 2.46. The Hall–Kier alpha value is -1.43. The van der Waals surface area contributed by atoms with Crippen molar-refractivity contribution in [2.75, 3.05) is 39.3 Å². The number of hydrogen-bond acceptors (Lipinski definition) is 5. The summed E-state index contributed by atoms with van der Waals surface area (Å²) in [6.45, 7) is 6.13. The van der Waals surface area contributed by atoms with Gasteiger partial charge < -0.3 is 15.2 Å². The van der Waals surface area contributed by atoms with Gasteiger partial charge >= 0.3 is 0 Å². The minimum atomic E-state index is -0.548. The van der Waals surface area contributed by atoms with Crippen molar-refractivity contribution in [1.82, 2.24) is 10.2 Å². The van der Waals surface area contributed by atoms with Crippen molar-refractivity contribution in [3.63, 3.8) is 0 Å². The first-order valence-corrected chi connectivity index (χ1v) is 7.00. The summed E-state index contributed by atoms with van der Waals surface area (Å²) in [5, 5.41) is 13.3. The second-order valence-electron chi connectivity index (χ2n) is 5.07. The Morgan fingerprint density at radius 2 is 2.10 bits per heavy atom. The van der Waals surface area contributed by atoms with Crippen molar-refractivity contribution in [3.05, 3.63) is 29.8 Å². The number of para-hydroxylation sites is 1. The molecule has 1 fully saturated rings. The maximum Gasteiger partial charge on any atom is 0.163 e. The minimum absolute atomic E-state index is 0.0304. The van der Waals surface area contributed by atoms with Crippen molar-refractivity contribution >= 4 is 5.78 Å². The number of rotatable bonds is 6. The van der Waals surface area contributed by atoms with Gasteiger partial charge in [-0.05, 0) is 19.1 Å². The van der Waals surface area contributed by atoms with Crippen LogP contribution in [0.4, 0.5) is 0 Å². The molecule has 20 heavy (non-hydrogen) atoms. The third kappa shape index (κ3) is 4.30. The molecule has 1 atom stereocenters. The van der Waals surface area contributed by atoms with Crippen LogP contribution >= 0.6 is 0 Å². The van der Waals surface area contributed by atoms with Crippen LogP contribution in [0.25, 0.3) is 0 Å². The van der Waals surface area contributed by atoms with E-state index in [4.69, 9.17) is 4.74 Å². The highest BCUT2D eigenvalue weighted by Gasteiger charge is 2.15. The van der Waals surface area contributed by atoms with Crippen molar-refractivity contribution < 1.29 is 14.6 Å². The molecule has 5 nitrogen and oxygen atoms in total. The second-order valence-corrected chi connectivity index (χ2v) is 5.07. The van der Waals surface area contributed by atoms with Crippen molar-refractivity contribution in [2.24, 2.45) is 0 Å². The number of hydrogen-bond donors (Lipinski definition) is 2. The third-order valence-electron chi connectivity index (χ3n) is 3.38. The smallest absolute Gasteiger partial charge is 0.163 e. The van der Waals surface area contributed by atoms with Gasteiger partial charge in [-0.15, -0.1) is 0 Å². The first-order chi connectivity index (χ1) is 9.66. The number of Topliss-reactive ketones (excluding diaryl/α,β-unsaturated/α-hetero) is 1. The van der Waals surface area contributed by atoms with E-state index in [0.717, 1.165) is 26.2 Å². The van der Waals surface area contributed by atoms with E-state index in [1.165, 1.54) is 6.92 Å². The zero-order valence-electron chi connectivity index (χ0n) is 11.8. The van der Waals surface area contributed by atoms with Gasteiger partial charge in [-0.25, -0.2) is 0 Å². The van der Waals surface area contributed by atoms with E-state index in [1.54, 1.807) is 18.2 Å². The molecule has 5 heteroatoms. The van der Waals surface area contributed by atoms with E-state index in [-0.39, 0.29) is 12.4 Å². The Balaban J connectivity index is 1.83. The number of aliphatic hydroxyl groups excluding tert-OH is 1. The van der Waals surface area contributed by atoms with E-state index in [1.807, 2.05) is 6.07 Å². The maximum atomic E-state index is 11.5. The SMILES string of the molecule is CC(=O)c1ccccc1OCC(O)CN1CCNCC1. The number of aliphatic hydroxyl groups is 1. The number of β-amino-alcohol motifs (C(OH)–C–C–N with tert-alkyl or cyclic N) is 1. The van der Waals surface area contributed by atoms with E-state index in [2.05, 4.69) is 10.2 Å². The monoisotopic (exact) mass is 278 g/mol. The molecule has 0 amide bonds. The molecule has 1 heterocycles. The van der Waals surface area contributed by atoms with Gasteiger partial charge in [-0.2, -0.15) is 0 Å². The molecule has 1 aliphatic rings. The third-order valence-corrected chi connectivity index (χ3v) is 3.38. The van der Waals surface area contributed by atoms with Crippen molar-refractivity contribution in [2.45, 2.75) is 13.0 Å². The number of carbonyl (C=O) groups is 1. The highest BCUT2D eigenvalue weighted by atomic mass is 16.5. The van der Waals surface area contributed by atoms with Gasteiger partial charge in [0.25, 0.3) is 0 Å². The fourth-order valence-electron chi connectivity index (χ4n) is 2.31. The fraction of sp³-hybridized carbons (Fsp3) is 0.533. The Labute approximate surface area is 119 Å². The first-order valence-electron chi connectivity index (χ1n) is 7.00. The molecular weight excluding hydrogens is 256 g/mol. The summed E-state index contributed by atoms with van der Waals surface area (Å²) in [7, 11) is 0. The minimum Gasteiger partial charge on any atom is -0.490 e. The summed E-state index contributed by atoms with van der Waals surface area (Å²) in [6, 6.07) is 7.12. The highest BCUT2D eigenvalue weighted by molar-refractivity contribution is 5.96. The molecule has 2 rings (SSSR count). The van der Waals surface area contributed by atoms with Crippen LogP contribution in [0.15, 0.2) is 24.3 Å². The molecule has 1 aliphatic heterocycles. The molecule has 2 N–H and O–H groups in total. The molecular formula is C15H22N2O3. The molecule has 1 aromatic rings. The van der Waals surface area contributed by atoms with Crippen LogP contribution < -0.4 is 10.1 Å². The number of ketones is 1. The molecule has 0 aromatic heterocycles. The molecule has 1 aromatic carbocycles. The van der Waals surface area contributed by atoms with Crippen LogP contribution in [-0.2, 0) is 0 Å². The van der Waals surface area contributed by atoms with Gasteiger partial charge in [0.2, 0.25) is 0 Å². The van der Waals surface area contributed by atoms with Crippen LogP contribution in [0.3, 0.4) is 0 Å². The van der Waals surface area contributed by atoms with Gasteiger partial charge in [-0.3, -0.25) is 9.69 Å². The predicted molar refractivity (Wildman–Crippen MR) is 77.3 cm³/mol. The van der Waals surface area contributed by atoms with Crippen LogP contribution in [0.5, 0.6) is 5.75 Å². The Morgan fingerprint density at radius 3 is 2.80 bits per heavy atom. The normalized spacial score (nSPS) is 17.7. The topological polar surface area (TPSA) is 61.8 Å². The summed E-state index contributed by atoms with van der Waals surface area (Å²) in [5.41, 5.74) is 0.557. The summed E-state index contributed by atoms with van der Waals surface area (Å²) in [5.74, 6) is 0.511. The number of ether oxygens (including phenoxy) is 1. The summed E-state index contributed by atoms with van der Waals surface area (Å²) < 4.78 is 5.59. The maximum absolute atomic E-state index is 11.5. The van der Waals surface area contributed by atoms with Crippen molar-refractivity contribution in [1.29, 1.82) is 0 Å². The van der Waals surface area contributed by atoms with Gasteiger partial charge in [0, 0.05) is 32.7 Å². The molecule has 0 aliphatic carbocycles. The van der Waals surface area contributed by atoms with Gasteiger partial charge in [0.05, 0.1) is 5.56 Å². The molecule has 1 unspecified atom stereocenters. The molecule has 110 valence electrons. The molecule has 0 radical (unpaired) electrons. The first kappa shape index (κ1) is 15.0. The fourth-order valence-corrected chi connectivity index (χ4v) is 2.31. The van der Waals surface area contributed by atoms with Crippen LogP contribution in [-0.4, -0.2) is 61.2 Å². The Morgan fingerprint density at radius 1 is 1.40 bits per heavy atom. The van der Waals surface area contributed by atoms with Crippen LogP contribution in [0.2, 0.25) is 0 Å². The molecule has 0 saturated carbocycles. The lowest BCUT2D eigenvalue weighted by Crippen LogP contribution is -2.47. The van der Waals surface area contributed by atoms with Gasteiger partial charge in [0.1, 0.15) is 18.5 Å². The standard InChI is InChI=1S/C15H22N2O3/c1-12(18)14-4-2-3-5-15(14)20-11-13(19)10-17-8-6-16-7-9-17/h2-5,13,16,19H,6-11H2,1H3. The van der Waals surface area contributed by atoms with Gasteiger partial charge in [-0.1, -0.05) is 12.1 Å². The lowest BCUT2D eigenvalue weighted by molar-refractivity contribution is 0.0635. The molecule has 0 bridgehead atoms. The predicted octanol–water partition coefficient (Wildman–Crippen LogP) is 0.534. The van der Waals surface area contributed by atoms with Gasteiger partial charge in [0.15, 0.2) is 5.78 Å². The number of carbonyl (C=O) groups excluding carboxylic acids is 1. The van der Waals surface area contributed by atoms with Crippen LogP contribution in [0.1, 0.15) is 17.3 Å². The van der Waals surface area contributed by atoms with Crippen LogP contribution in [0, 0.1) is 0 Å². The molecule has 1 saturated heterocycles.